The Bertz CT molecular complexity index is 579. The minimum absolute atomic E-state index is 0.264. The number of hydrogen-bond donors (Lipinski definition) is 1. The number of rotatable bonds is 7. The smallest absolute Gasteiger partial charge is 0.170 e. The fraction of sp³-hybridized carbons (Fsp3) is 0.500. The van der Waals surface area contributed by atoms with Crippen molar-refractivity contribution in [3.8, 4) is 5.75 Å². The highest BCUT2D eigenvalue weighted by Gasteiger charge is 2.12. The number of hydrogen-bond acceptors (Lipinski definition) is 4. The average Bonchev–Trinajstić information content (AvgIpc) is 2.88. The molecule has 0 aliphatic rings. The molecule has 5 heteroatoms. The molecule has 0 bridgehead atoms. The molecule has 1 aromatic carbocycles. The maximum absolute atomic E-state index is 5.98. The molecule has 0 aliphatic carbocycles. The van der Waals surface area contributed by atoms with Crippen molar-refractivity contribution in [1.29, 1.82) is 0 Å². The maximum atomic E-state index is 5.98. The van der Waals surface area contributed by atoms with E-state index in [-0.39, 0.29) is 6.04 Å². The Balaban J connectivity index is 2.13. The lowest BCUT2D eigenvalue weighted by Gasteiger charge is -2.18. The Hall–Kier alpha value is -1.88. The quantitative estimate of drug-likeness (QED) is 0.851. The Labute approximate surface area is 126 Å². The average molecular weight is 288 g/mol. The molecule has 114 valence electrons. The Kier molecular flexibility index (Phi) is 5.33. The zero-order valence-electron chi connectivity index (χ0n) is 13.3. The summed E-state index contributed by atoms with van der Waals surface area (Å²) >= 11 is 0. The van der Waals surface area contributed by atoms with E-state index in [2.05, 4.69) is 54.5 Å². The van der Waals surface area contributed by atoms with E-state index >= 15 is 0 Å². The first kappa shape index (κ1) is 15.5. The number of benzene rings is 1. The van der Waals surface area contributed by atoms with E-state index in [1.54, 1.807) is 6.33 Å². The fourth-order valence-electron chi connectivity index (χ4n) is 2.18. The van der Waals surface area contributed by atoms with Crippen LogP contribution in [0.15, 0.2) is 24.5 Å². The molecule has 5 nitrogen and oxygen atoms in total. The van der Waals surface area contributed by atoms with Gasteiger partial charge in [0.05, 0.1) is 0 Å². The predicted molar refractivity (Wildman–Crippen MR) is 83.2 cm³/mol. The van der Waals surface area contributed by atoms with Gasteiger partial charge in [-0.1, -0.05) is 19.1 Å². The van der Waals surface area contributed by atoms with Crippen LogP contribution >= 0.6 is 0 Å². The SMILES string of the molecule is CCCNC(C)c1ccc(C)cc1OCc1nncn1C. The van der Waals surface area contributed by atoms with Gasteiger partial charge in [0.15, 0.2) is 5.82 Å². The van der Waals surface area contributed by atoms with Crippen LogP contribution in [0.5, 0.6) is 5.75 Å². The number of nitrogens with zero attached hydrogens (tertiary/aromatic N) is 3. The maximum Gasteiger partial charge on any atom is 0.170 e. The van der Waals surface area contributed by atoms with Crippen LogP contribution in [0.4, 0.5) is 0 Å². The molecule has 1 atom stereocenters. The molecule has 1 N–H and O–H groups in total. The monoisotopic (exact) mass is 288 g/mol. The molecule has 1 heterocycles. The largest absolute Gasteiger partial charge is 0.485 e. The van der Waals surface area contributed by atoms with Crippen LogP contribution in [0.25, 0.3) is 0 Å². The molecule has 0 saturated carbocycles. The number of aryl methyl sites for hydroxylation is 2. The standard InChI is InChI=1S/C16H24N4O/c1-5-8-17-13(3)14-7-6-12(2)9-15(14)21-10-16-19-18-11-20(16)4/h6-7,9,11,13,17H,5,8,10H2,1-4H3. The summed E-state index contributed by atoms with van der Waals surface area (Å²) in [6, 6.07) is 6.60. The van der Waals surface area contributed by atoms with Crippen molar-refractivity contribution in [3.63, 3.8) is 0 Å². The lowest BCUT2D eigenvalue weighted by molar-refractivity contribution is 0.285. The lowest BCUT2D eigenvalue weighted by atomic mass is 10.0. The molecular weight excluding hydrogens is 264 g/mol. The number of aromatic nitrogens is 3. The molecule has 2 rings (SSSR count). The summed E-state index contributed by atoms with van der Waals surface area (Å²) in [4.78, 5) is 0. The van der Waals surface area contributed by atoms with Crippen molar-refractivity contribution in [2.45, 2.75) is 39.8 Å². The van der Waals surface area contributed by atoms with Gasteiger partial charge in [0.1, 0.15) is 18.7 Å². The first-order valence-corrected chi connectivity index (χ1v) is 7.41. The van der Waals surface area contributed by atoms with Gasteiger partial charge in [-0.05, 0) is 38.4 Å². The molecule has 1 unspecified atom stereocenters. The third-order valence-corrected chi connectivity index (χ3v) is 3.50. The van der Waals surface area contributed by atoms with Crippen molar-refractivity contribution < 1.29 is 4.74 Å². The van der Waals surface area contributed by atoms with Gasteiger partial charge < -0.3 is 14.6 Å². The van der Waals surface area contributed by atoms with Crippen LogP contribution in [0.3, 0.4) is 0 Å². The second-order valence-electron chi connectivity index (χ2n) is 5.36. The van der Waals surface area contributed by atoms with Gasteiger partial charge in [-0.25, -0.2) is 0 Å². The third kappa shape index (κ3) is 4.04. The van der Waals surface area contributed by atoms with E-state index < -0.39 is 0 Å². The molecule has 0 aliphatic heterocycles. The normalized spacial score (nSPS) is 12.4. The van der Waals surface area contributed by atoms with Crippen LogP contribution < -0.4 is 10.1 Å². The summed E-state index contributed by atoms with van der Waals surface area (Å²) in [5.41, 5.74) is 2.37. The summed E-state index contributed by atoms with van der Waals surface area (Å²) < 4.78 is 7.85. The highest BCUT2D eigenvalue weighted by atomic mass is 16.5. The van der Waals surface area contributed by atoms with Crippen LogP contribution in [0, 0.1) is 6.92 Å². The Morgan fingerprint density at radius 1 is 1.38 bits per heavy atom. The molecule has 1 aromatic heterocycles. The van der Waals surface area contributed by atoms with E-state index in [0.717, 1.165) is 24.5 Å². The Morgan fingerprint density at radius 2 is 2.19 bits per heavy atom. The van der Waals surface area contributed by atoms with Gasteiger partial charge >= 0.3 is 0 Å². The van der Waals surface area contributed by atoms with Gasteiger partial charge in [-0.2, -0.15) is 0 Å². The van der Waals surface area contributed by atoms with E-state index in [9.17, 15) is 0 Å². The number of ether oxygens (including phenoxy) is 1. The third-order valence-electron chi connectivity index (χ3n) is 3.50. The van der Waals surface area contributed by atoms with E-state index in [4.69, 9.17) is 4.74 Å². The lowest BCUT2D eigenvalue weighted by Crippen LogP contribution is -2.20. The van der Waals surface area contributed by atoms with Crippen LogP contribution in [-0.2, 0) is 13.7 Å². The second kappa shape index (κ2) is 7.22. The minimum Gasteiger partial charge on any atom is -0.485 e. The highest BCUT2D eigenvalue weighted by molar-refractivity contribution is 5.39. The van der Waals surface area contributed by atoms with E-state index in [1.807, 2.05) is 11.6 Å². The van der Waals surface area contributed by atoms with Gasteiger partial charge in [0.25, 0.3) is 0 Å². The summed E-state index contributed by atoms with van der Waals surface area (Å²) in [6.45, 7) is 7.82. The van der Waals surface area contributed by atoms with Crippen molar-refractivity contribution >= 4 is 0 Å². The fourth-order valence-corrected chi connectivity index (χ4v) is 2.18. The minimum atomic E-state index is 0.264. The summed E-state index contributed by atoms with van der Waals surface area (Å²) in [5.74, 6) is 1.73. The second-order valence-corrected chi connectivity index (χ2v) is 5.36. The van der Waals surface area contributed by atoms with Gasteiger partial charge in [0.2, 0.25) is 0 Å². The first-order valence-electron chi connectivity index (χ1n) is 7.41. The van der Waals surface area contributed by atoms with Gasteiger partial charge in [-0.3, -0.25) is 0 Å². The van der Waals surface area contributed by atoms with Crippen LogP contribution in [0.2, 0.25) is 0 Å². The number of nitrogens with one attached hydrogen (secondary N) is 1. The zero-order chi connectivity index (χ0) is 15.2. The molecule has 0 radical (unpaired) electrons. The van der Waals surface area contributed by atoms with E-state index in [1.165, 1.54) is 11.1 Å². The first-order chi connectivity index (χ1) is 10.1. The highest BCUT2D eigenvalue weighted by Crippen LogP contribution is 2.27. The molecule has 2 aromatic rings. The Morgan fingerprint density at radius 3 is 2.86 bits per heavy atom. The van der Waals surface area contributed by atoms with E-state index in [0.29, 0.717) is 6.61 Å². The topological polar surface area (TPSA) is 52.0 Å². The summed E-state index contributed by atoms with van der Waals surface area (Å²) in [6.07, 6.45) is 2.80. The van der Waals surface area contributed by atoms with Crippen molar-refractivity contribution in [3.05, 3.63) is 41.5 Å². The molecule has 0 spiro atoms. The van der Waals surface area contributed by atoms with Crippen LogP contribution in [-0.4, -0.2) is 21.3 Å². The van der Waals surface area contributed by atoms with Crippen molar-refractivity contribution in [1.82, 2.24) is 20.1 Å². The van der Waals surface area contributed by atoms with Crippen molar-refractivity contribution in [2.24, 2.45) is 7.05 Å². The molecule has 0 amide bonds. The van der Waals surface area contributed by atoms with Gasteiger partial charge in [0, 0.05) is 18.7 Å². The summed E-state index contributed by atoms with van der Waals surface area (Å²) in [5, 5.41) is 11.4. The summed E-state index contributed by atoms with van der Waals surface area (Å²) in [7, 11) is 1.92. The molecular formula is C16H24N4O. The molecule has 0 saturated heterocycles. The molecule has 21 heavy (non-hydrogen) atoms. The predicted octanol–water partition coefficient (Wildman–Crippen LogP) is 2.76. The molecule has 0 fully saturated rings. The zero-order valence-corrected chi connectivity index (χ0v) is 13.3. The van der Waals surface area contributed by atoms with Crippen LogP contribution in [0.1, 0.15) is 43.3 Å². The van der Waals surface area contributed by atoms with Gasteiger partial charge in [-0.15, -0.1) is 10.2 Å². The van der Waals surface area contributed by atoms with Crippen molar-refractivity contribution in [2.75, 3.05) is 6.54 Å².